The first-order valence-electron chi connectivity index (χ1n) is 7.96. The van der Waals surface area contributed by atoms with Crippen LogP contribution >= 0.6 is 0 Å². The number of halogens is 1. The van der Waals surface area contributed by atoms with E-state index in [0.29, 0.717) is 17.3 Å². The number of rotatable bonds is 3. The number of pyridine rings is 1. The maximum atomic E-state index is 14.4. The molecule has 2 unspecified atom stereocenters. The summed E-state index contributed by atoms with van der Waals surface area (Å²) in [6, 6.07) is 7.06. The van der Waals surface area contributed by atoms with E-state index in [0.717, 1.165) is 24.0 Å². The van der Waals surface area contributed by atoms with Crippen LogP contribution in [-0.4, -0.2) is 21.1 Å². The third kappa shape index (κ3) is 2.02. The summed E-state index contributed by atoms with van der Waals surface area (Å²) < 4.78 is 14.4. The average molecular weight is 324 g/mol. The van der Waals surface area contributed by atoms with Gasteiger partial charge in [-0.25, -0.2) is 4.39 Å². The van der Waals surface area contributed by atoms with E-state index in [9.17, 15) is 9.18 Å². The second kappa shape index (κ2) is 5.40. The number of nitrogens with one attached hydrogen (secondary N) is 1. The first kappa shape index (κ1) is 14.8. The monoisotopic (exact) mass is 324 g/mol. The molecule has 0 aliphatic heterocycles. The Balaban J connectivity index is 1.90. The van der Waals surface area contributed by atoms with Crippen LogP contribution in [0.1, 0.15) is 36.3 Å². The smallest absolute Gasteiger partial charge is 0.228 e. The molecule has 0 radical (unpaired) electrons. The van der Waals surface area contributed by atoms with E-state index in [1.807, 2.05) is 12.1 Å². The van der Waals surface area contributed by atoms with Crippen LogP contribution in [0, 0.1) is 5.82 Å². The van der Waals surface area contributed by atoms with Gasteiger partial charge >= 0.3 is 0 Å². The summed E-state index contributed by atoms with van der Waals surface area (Å²) in [5, 5.41) is 7.24. The minimum atomic E-state index is -0.849. The third-order valence-electron chi connectivity index (χ3n) is 5.20. The van der Waals surface area contributed by atoms with Crippen molar-refractivity contribution in [3.8, 4) is 0 Å². The number of primary amides is 1. The fourth-order valence-corrected chi connectivity index (χ4v) is 4.10. The molecule has 1 saturated carbocycles. The van der Waals surface area contributed by atoms with E-state index in [1.54, 1.807) is 24.7 Å². The van der Waals surface area contributed by atoms with E-state index in [1.165, 1.54) is 6.07 Å². The van der Waals surface area contributed by atoms with Crippen LogP contribution in [-0.2, 0) is 10.2 Å². The number of aromatic amines is 1. The van der Waals surface area contributed by atoms with Gasteiger partial charge in [0.05, 0.1) is 11.6 Å². The molecular weight excluding hydrogens is 307 g/mol. The Kier molecular flexibility index (Phi) is 3.33. The normalized spacial score (nSPS) is 23.6. The minimum Gasteiger partial charge on any atom is -0.369 e. The van der Waals surface area contributed by atoms with Crippen LogP contribution in [0.15, 0.2) is 42.9 Å². The van der Waals surface area contributed by atoms with Crippen LogP contribution in [0.3, 0.4) is 0 Å². The van der Waals surface area contributed by atoms with Crippen molar-refractivity contribution in [2.24, 2.45) is 5.73 Å². The quantitative estimate of drug-likeness (QED) is 0.777. The Hall–Kier alpha value is -2.76. The molecule has 0 bridgehead atoms. The molecule has 0 saturated heterocycles. The van der Waals surface area contributed by atoms with Gasteiger partial charge in [0.15, 0.2) is 0 Å². The number of carbonyl (C=O) groups is 1. The molecule has 24 heavy (non-hydrogen) atoms. The van der Waals surface area contributed by atoms with Gasteiger partial charge in [-0.05, 0) is 42.2 Å². The fraction of sp³-hybridized carbons (Fsp3) is 0.278. The van der Waals surface area contributed by atoms with Crippen molar-refractivity contribution in [2.75, 3.05) is 0 Å². The molecule has 5 nitrogen and oxygen atoms in total. The number of aromatic nitrogens is 3. The average Bonchev–Trinajstić information content (AvgIpc) is 3.23. The summed E-state index contributed by atoms with van der Waals surface area (Å²) in [6.07, 6.45) is 7.22. The third-order valence-corrected chi connectivity index (χ3v) is 5.20. The number of nitrogens with zero attached hydrogens (tertiary/aromatic N) is 2. The topological polar surface area (TPSA) is 84.7 Å². The van der Waals surface area contributed by atoms with Crippen molar-refractivity contribution in [2.45, 2.75) is 30.6 Å². The lowest BCUT2D eigenvalue weighted by Crippen LogP contribution is -2.43. The maximum absolute atomic E-state index is 14.4. The van der Waals surface area contributed by atoms with Crippen LogP contribution < -0.4 is 5.73 Å². The van der Waals surface area contributed by atoms with Crippen molar-refractivity contribution >= 4 is 16.8 Å². The zero-order chi connectivity index (χ0) is 16.7. The fourth-order valence-electron chi connectivity index (χ4n) is 4.10. The molecule has 122 valence electrons. The second-order valence-electron chi connectivity index (χ2n) is 6.36. The first-order chi connectivity index (χ1) is 11.6. The molecular formula is C18H17FN4O. The highest BCUT2D eigenvalue weighted by atomic mass is 19.1. The number of H-pyrrole nitrogens is 1. The standard InChI is InChI=1S/C18H17FN4O/c19-15-8-11(7-12-9-22-23-16(12)15)14-4-1-5-18(14,17(20)24)13-3-2-6-21-10-13/h2-3,6-10,14H,1,4-5H2,(H2,20,24)(H,22,23). The van der Waals surface area contributed by atoms with Crippen molar-refractivity contribution in [1.82, 2.24) is 15.2 Å². The highest BCUT2D eigenvalue weighted by molar-refractivity contribution is 5.89. The molecule has 1 aromatic carbocycles. The van der Waals surface area contributed by atoms with Gasteiger partial charge in [-0.2, -0.15) is 5.10 Å². The second-order valence-corrected chi connectivity index (χ2v) is 6.36. The van der Waals surface area contributed by atoms with Gasteiger partial charge in [0.2, 0.25) is 5.91 Å². The Morgan fingerprint density at radius 3 is 3.00 bits per heavy atom. The lowest BCUT2D eigenvalue weighted by molar-refractivity contribution is -0.123. The number of fused-ring (bicyclic) bond motifs is 1. The van der Waals surface area contributed by atoms with E-state index in [4.69, 9.17) is 5.73 Å². The van der Waals surface area contributed by atoms with Crippen molar-refractivity contribution < 1.29 is 9.18 Å². The zero-order valence-electron chi connectivity index (χ0n) is 13.0. The Morgan fingerprint density at radius 1 is 1.38 bits per heavy atom. The molecule has 3 N–H and O–H groups in total. The lowest BCUT2D eigenvalue weighted by Gasteiger charge is -2.33. The molecule has 3 aromatic rings. The van der Waals surface area contributed by atoms with Crippen LogP contribution in [0.4, 0.5) is 4.39 Å². The van der Waals surface area contributed by atoms with Crippen molar-refractivity contribution in [1.29, 1.82) is 0 Å². The first-order valence-corrected chi connectivity index (χ1v) is 7.96. The number of nitrogens with two attached hydrogens (primary N) is 1. The molecule has 2 heterocycles. The zero-order valence-corrected chi connectivity index (χ0v) is 13.0. The van der Waals surface area contributed by atoms with Gasteiger partial charge in [0.1, 0.15) is 11.3 Å². The maximum Gasteiger partial charge on any atom is 0.228 e. The molecule has 1 amide bonds. The molecule has 2 atom stereocenters. The molecule has 0 spiro atoms. The van der Waals surface area contributed by atoms with Crippen LogP contribution in [0.5, 0.6) is 0 Å². The number of hydrogen-bond donors (Lipinski definition) is 2. The van der Waals surface area contributed by atoms with Crippen LogP contribution in [0.25, 0.3) is 10.9 Å². The summed E-state index contributed by atoms with van der Waals surface area (Å²) in [5.41, 5.74) is 6.95. The van der Waals surface area contributed by atoms with Gasteiger partial charge in [0.25, 0.3) is 0 Å². The summed E-state index contributed by atoms with van der Waals surface area (Å²) in [7, 11) is 0. The van der Waals surface area contributed by atoms with Gasteiger partial charge in [-0.3, -0.25) is 14.9 Å². The SMILES string of the molecule is NC(=O)C1(c2cccnc2)CCCC1c1cc(F)c2[nH]ncc2c1. The summed E-state index contributed by atoms with van der Waals surface area (Å²) >= 11 is 0. The van der Waals surface area contributed by atoms with E-state index in [-0.39, 0.29) is 17.6 Å². The van der Waals surface area contributed by atoms with E-state index < -0.39 is 5.41 Å². The predicted octanol–water partition coefficient (Wildman–Crippen LogP) is 2.79. The molecule has 6 heteroatoms. The molecule has 1 aliphatic carbocycles. The minimum absolute atomic E-state index is 0.173. The number of carbonyl (C=O) groups excluding carboxylic acids is 1. The van der Waals surface area contributed by atoms with Gasteiger partial charge < -0.3 is 5.73 Å². The van der Waals surface area contributed by atoms with Gasteiger partial charge in [-0.15, -0.1) is 0 Å². The summed E-state index contributed by atoms with van der Waals surface area (Å²) in [6.45, 7) is 0. The molecule has 1 aliphatic rings. The molecule has 1 fully saturated rings. The molecule has 4 rings (SSSR count). The highest BCUT2D eigenvalue weighted by Crippen LogP contribution is 2.51. The van der Waals surface area contributed by atoms with Gasteiger partial charge in [0, 0.05) is 23.7 Å². The van der Waals surface area contributed by atoms with Gasteiger partial charge in [-0.1, -0.05) is 12.5 Å². The van der Waals surface area contributed by atoms with Crippen molar-refractivity contribution in [3.05, 3.63) is 59.8 Å². The number of benzene rings is 1. The Labute approximate surface area is 138 Å². The van der Waals surface area contributed by atoms with E-state index in [2.05, 4.69) is 15.2 Å². The Morgan fingerprint density at radius 2 is 2.25 bits per heavy atom. The summed E-state index contributed by atoms with van der Waals surface area (Å²) in [5.74, 6) is -0.921. The van der Waals surface area contributed by atoms with Crippen LogP contribution in [0.2, 0.25) is 0 Å². The number of amides is 1. The van der Waals surface area contributed by atoms with Crippen molar-refractivity contribution in [3.63, 3.8) is 0 Å². The highest BCUT2D eigenvalue weighted by Gasteiger charge is 2.50. The largest absolute Gasteiger partial charge is 0.369 e. The summed E-state index contributed by atoms with van der Waals surface area (Å²) in [4.78, 5) is 16.6. The molecule has 2 aromatic heterocycles. The predicted molar refractivity (Wildman–Crippen MR) is 87.8 cm³/mol. The van der Waals surface area contributed by atoms with E-state index >= 15 is 0 Å². The lowest BCUT2D eigenvalue weighted by atomic mass is 9.69. The Bertz CT molecular complexity index is 908. The number of hydrogen-bond acceptors (Lipinski definition) is 3.